The lowest BCUT2D eigenvalue weighted by Crippen LogP contribution is -2.32. The molecule has 21 heavy (non-hydrogen) atoms. The van der Waals surface area contributed by atoms with Crippen LogP contribution in [0.1, 0.15) is 32.2 Å². The number of carboxylic acid groups (broad SMARTS) is 1. The Labute approximate surface area is 121 Å². The molecular formula is C14H17N5O2. The molecule has 0 spiro atoms. The fourth-order valence-electron chi connectivity index (χ4n) is 3.01. The first kappa shape index (κ1) is 12.6. The highest BCUT2D eigenvalue weighted by Gasteiger charge is 2.41. The highest BCUT2D eigenvalue weighted by molar-refractivity contribution is 5.85. The molecule has 1 N–H and O–H groups in total. The molecule has 0 aromatic carbocycles. The van der Waals surface area contributed by atoms with Gasteiger partial charge in [0.15, 0.2) is 17.0 Å². The molecule has 3 heterocycles. The van der Waals surface area contributed by atoms with Crippen molar-refractivity contribution in [3.8, 4) is 0 Å². The Hall–Kier alpha value is -2.18. The standard InChI is InChI=1S/C14H17N5O2/c1-14(13(20)21)4-5-18(6-14)11-10-12(16-7-15-11)19(8-17-10)9-2-3-9/h7-9H,2-6H2,1H3,(H,20,21). The zero-order valence-electron chi connectivity index (χ0n) is 11.9. The van der Waals surface area contributed by atoms with E-state index in [2.05, 4.69) is 19.5 Å². The molecule has 4 rings (SSSR count). The van der Waals surface area contributed by atoms with E-state index >= 15 is 0 Å². The van der Waals surface area contributed by atoms with Crippen LogP contribution in [-0.2, 0) is 4.79 Å². The molecule has 1 aliphatic heterocycles. The van der Waals surface area contributed by atoms with Gasteiger partial charge in [-0.2, -0.15) is 0 Å². The van der Waals surface area contributed by atoms with Crippen LogP contribution in [0.5, 0.6) is 0 Å². The molecule has 1 atom stereocenters. The van der Waals surface area contributed by atoms with Crippen molar-refractivity contribution in [2.45, 2.75) is 32.2 Å². The summed E-state index contributed by atoms with van der Waals surface area (Å²) in [6, 6.07) is 0.514. The molecule has 0 radical (unpaired) electrons. The number of rotatable bonds is 3. The van der Waals surface area contributed by atoms with E-state index in [9.17, 15) is 9.90 Å². The predicted octanol–water partition coefficient (Wildman–Crippen LogP) is 1.46. The van der Waals surface area contributed by atoms with E-state index in [1.54, 1.807) is 13.3 Å². The monoisotopic (exact) mass is 287 g/mol. The van der Waals surface area contributed by atoms with Gasteiger partial charge in [-0.3, -0.25) is 4.79 Å². The van der Waals surface area contributed by atoms with Crippen LogP contribution in [0.15, 0.2) is 12.7 Å². The molecule has 2 fully saturated rings. The molecule has 7 nitrogen and oxygen atoms in total. The summed E-state index contributed by atoms with van der Waals surface area (Å²) in [7, 11) is 0. The zero-order valence-corrected chi connectivity index (χ0v) is 11.9. The van der Waals surface area contributed by atoms with E-state index < -0.39 is 11.4 Å². The van der Waals surface area contributed by atoms with Gasteiger partial charge in [0.2, 0.25) is 0 Å². The minimum absolute atomic E-state index is 0.463. The summed E-state index contributed by atoms with van der Waals surface area (Å²) in [5.41, 5.74) is 0.918. The molecule has 2 aliphatic rings. The summed E-state index contributed by atoms with van der Waals surface area (Å²) in [4.78, 5) is 26.6. The van der Waals surface area contributed by atoms with Gasteiger partial charge >= 0.3 is 5.97 Å². The summed E-state index contributed by atoms with van der Waals surface area (Å²) in [5, 5.41) is 9.36. The van der Waals surface area contributed by atoms with Crippen LogP contribution in [0.3, 0.4) is 0 Å². The highest BCUT2D eigenvalue weighted by atomic mass is 16.4. The highest BCUT2D eigenvalue weighted by Crippen LogP contribution is 2.39. The van der Waals surface area contributed by atoms with Crippen molar-refractivity contribution in [1.82, 2.24) is 19.5 Å². The number of anilines is 1. The SMILES string of the molecule is CC1(C(=O)O)CCN(c2ncnc3c2ncn3C2CC2)C1. The molecule has 1 unspecified atom stereocenters. The van der Waals surface area contributed by atoms with Crippen molar-refractivity contribution in [1.29, 1.82) is 0 Å². The molecule has 110 valence electrons. The third-order valence-corrected chi connectivity index (χ3v) is 4.57. The van der Waals surface area contributed by atoms with Gasteiger partial charge in [-0.25, -0.2) is 15.0 Å². The van der Waals surface area contributed by atoms with E-state index in [1.165, 1.54) is 12.8 Å². The molecule has 0 amide bonds. The minimum Gasteiger partial charge on any atom is -0.481 e. The second-order valence-corrected chi connectivity index (χ2v) is 6.29. The van der Waals surface area contributed by atoms with Crippen molar-refractivity contribution in [2.24, 2.45) is 5.41 Å². The van der Waals surface area contributed by atoms with Crippen molar-refractivity contribution >= 4 is 23.0 Å². The van der Waals surface area contributed by atoms with Gasteiger partial charge in [0, 0.05) is 19.1 Å². The van der Waals surface area contributed by atoms with E-state index in [0.29, 0.717) is 25.6 Å². The summed E-state index contributed by atoms with van der Waals surface area (Å²) in [6.07, 6.45) is 6.34. The number of imidazole rings is 1. The lowest BCUT2D eigenvalue weighted by atomic mass is 9.90. The Morgan fingerprint density at radius 2 is 2.19 bits per heavy atom. The van der Waals surface area contributed by atoms with E-state index in [0.717, 1.165) is 17.0 Å². The first-order valence-electron chi connectivity index (χ1n) is 7.24. The second-order valence-electron chi connectivity index (χ2n) is 6.29. The van der Waals surface area contributed by atoms with Crippen LogP contribution < -0.4 is 4.90 Å². The molecule has 2 aromatic heterocycles. The third kappa shape index (κ3) is 1.87. The molecule has 2 aromatic rings. The lowest BCUT2D eigenvalue weighted by Gasteiger charge is -2.20. The van der Waals surface area contributed by atoms with E-state index in [-0.39, 0.29) is 0 Å². The first-order chi connectivity index (χ1) is 10.1. The molecular weight excluding hydrogens is 270 g/mol. The maximum atomic E-state index is 11.4. The van der Waals surface area contributed by atoms with Crippen LogP contribution in [-0.4, -0.2) is 43.7 Å². The molecule has 7 heteroatoms. The van der Waals surface area contributed by atoms with Crippen LogP contribution in [0.4, 0.5) is 5.82 Å². The van der Waals surface area contributed by atoms with Gasteiger partial charge in [0.1, 0.15) is 6.33 Å². The first-order valence-corrected chi connectivity index (χ1v) is 7.24. The van der Waals surface area contributed by atoms with E-state index in [4.69, 9.17) is 0 Å². The fraction of sp³-hybridized carbons (Fsp3) is 0.571. The van der Waals surface area contributed by atoms with Crippen LogP contribution >= 0.6 is 0 Å². The number of hydrogen-bond donors (Lipinski definition) is 1. The second kappa shape index (κ2) is 4.16. The van der Waals surface area contributed by atoms with Gasteiger partial charge in [-0.15, -0.1) is 0 Å². The van der Waals surface area contributed by atoms with Crippen molar-refractivity contribution in [2.75, 3.05) is 18.0 Å². The topological polar surface area (TPSA) is 84.1 Å². The fourth-order valence-corrected chi connectivity index (χ4v) is 3.01. The van der Waals surface area contributed by atoms with Gasteiger partial charge in [0.25, 0.3) is 0 Å². The van der Waals surface area contributed by atoms with Gasteiger partial charge in [-0.1, -0.05) is 0 Å². The summed E-state index contributed by atoms with van der Waals surface area (Å²) >= 11 is 0. The number of carboxylic acids is 1. The molecule has 1 saturated heterocycles. The number of hydrogen-bond acceptors (Lipinski definition) is 5. The maximum absolute atomic E-state index is 11.4. The molecule has 1 aliphatic carbocycles. The van der Waals surface area contributed by atoms with Gasteiger partial charge in [-0.05, 0) is 26.2 Å². The van der Waals surface area contributed by atoms with Crippen LogP contribution in [0.25, 0.3) is 11.2 Å². The number of nitrogens with zero attached hydrogens (tertiary/aromatic N) is 5. The van der Waals surface area contributed by atoms with Crippen molar-refractivity contribution in [3.63, 3.8) is 0 Å². The van der Waals surface area contributed by atoms with Gasteiger partial charge in [0.05, 0.1) is 11.7 Å². The number of fused-ring (bicyclic) bond motifs is 1. The Bertz CT molecular complexity index is 723. The third-order valence-electron chi connectivity index (χ3n) is 4.57. The quantitative estimate of drug-likeness (QED) is 0.920. The normalized spacial score (nSPS) is 25.7. The van der Waals surface area contributed by atoms with Crippen molar-refractivity contribution in [3.05, 3.63) is 12.7 Å². The summed E-state index contributed by atoms with van der Waals surface area (Å²) in [5.74, 6) is 0.00295. The molecule has 0 bridgehead atoms. The van der Waals surface area contributed by atoms with Gasteiger partial charge < -0.3 is 14.6 Å². The minimum atomic E-state index is -0.751. The van der Waals surface area contributed by atoms with Crippen LogP contribution in [0, 0.1) is 5.41 Å². The Morgan fingerprint density at radius 1 is 1.38 bits per heavy atom. The summed E-state index contributed by atoms with van der Waals surface area (Å²) in [6.45, 7) is 2.94. The average Bonchev–Trinajstić information content (AvgIpc) is 3.08. The Morgan fingerprint density at radius 3 is 2.86 bits per heavy atom. The smallest absolute Gasteiger partial charge is 0.311 e. The van der Waals surface area contributed by atoms with E-state index in [1.807, 2.05) is 11.2 Å². The Balaban J connectivity index is 1.73. The number of carbonyl (C=O) groups is 1. The molecule has 1 saturated carbocycles. The number of aliphatic carboxylic acids is 1. The maximum Gasteiger partial charge on any atom is 0.311 e. The largest absolute Gasteiger partial charge is 0.481 e. The Kier molecular flexibility index (Phi) is 2.49. The number of aromatic nitrogens is 4. The predicted molar refractivity (Wildman–Crippen MR) is 76.2 cm³/mol. The average molecular weight is 287 g/mol. The van der Waals surface area contributed by atoms with Crippen molar-refractivity contribution < 1.29 is 9.90 Å². The summed E-state index contributed by atoms with van der Waals surface area (Å²) < 4.78 is 2.10. The zero-order chi connectivity index (χ0) is 14.6. The van der Waals surface area contributed by atoms with Crippen LogP contribution in [0.2, 0.25) is 0 Å². The lowest BCUT2D eigenvalue weighted by molar-refractivity contribution is -0.146.